The molecule has 160 valence electrons. The van der Waals surface area contributed by atoms with E-state index < -0.39 is 15.2 Å². The minimum Gasteiger partial charge on any atom is -0.508 e. The lowest BCUT2D eigenvalue weighted by atomic mass is 9.87. The summed E-state index contributed by atoms with van der Waals surface area (Å²) in [5.41, 5.74) is 4.62. The lowest BCUT2D eigenvalue weighted by Gasteiger charge is -2.43. The van der Waals surface area contributed by atoms with Crippen LogP contribution in [0.4, 0.5) is 5.69 Å². The van der Waals surface area contributed by atoms with Crippen LogP contribution in [0.15, 0.2) is 84.3 Å². The van der Waals surface area contributed by atoms with E-state index in [9.17, 15) is 13.5 Å². The molecule has 0 aromatic heterocycles. The number of benzene rings is 3. The van der Waals surface area contributed by atoms with Crippen molar-refractivity contribution in [2.75, 3.05) is 10.2 Å². The summed E-state index contributed by atoms with van der Waals surface area (Å²) in [5.74, 6) is 0.0727. The van der Waals surface area contributed by atoms with Crippen molar-refractivity contribution < 1.29 is 13.5 Å². The van der Waals surface area contributed by atoms with Crippen molar-refractivity contribution in [1.29, 1.82) is 0 Å². The quantitative estimate of drug-likeness (QED) is 0.335. The number of fused-ring (bicyclic) bond motifs is 3. The number of alkyl halides is 1. The second kappa shape index (κ2) is 8.52. The van der Waals surface area contributed by atoms with Crippen LogP contribution in [0.5, 0.6) is 5.75 Å². The zero-order valence-corrected chi connectivity index (χ0v) is 19.6. The zero-order chi connectivity index (χ0) is 22.2. The first-order valence-electron chi connectivity index (χ1n) is 10.1. The van der Waals surface area contributed by atoms with E-state index in [1.807, 2.05) is 41.3 Å². The molecular formula is C25H24BrNO3S. The second-order valence-corrected chi connectivity index (χ2v) is 10.5. The molecule has 0 spiro atoms. The standard InChI is InChI=1S/C25H24BrNO3S/c1-3-25(31(29,30)18-12-13-24(28)17(2)16-18)27-22-11-7-6-10-20(22)19-8-4-5-9-21(19)23(27)14-15-26/h3-13,16,23,25,28H,1,14-15H2,2H3. The van der Waals surface area contributed by atoms with Gasteiger partial charge in [-0.25, -0.2) is 8.42 Å². The molecule has 1 N–H and O–H groups in total. The Morgan fingerprint density at radius 2 is 1.77 bits per heavy atom. The summed E-state index contributed by atoms with van der Waals surface area (Å²) in [5, 5.41) is 9.64. The van der Waals surface area contributed by atoms with Crippen LogP contribution in [0.25, 0.3) is 11.1 Å². The number of sulfone groups is 1. The molecule has 0 fully saturated rings. The van der Waals surface area contributed by atoms with Gasteiger partial charge in [0.1, 0.15) is 5.75 Å². The van der Waals surface area contributed by atoms with Crippen LogP contribution >= 0.6 is 15.9 Å². The number of anilines is 1. The van der Waals surface area contributed by atoms with Gasteiger partial charge in [0.2, 0.25) is 9.84 Å². The van der Waals surface area contributed by atoms with E-state index in [0.717, 1.165) is 34.1 Å². The number of rotatable bonds is 6. The molecule has 4 nitrogen and oxygen atoms in total. The van der Waals surface area contributed by atoms with Crippen LogP contribution in [0.1, 0.15) is 23.6 Å². The maximum absolute atomic E-state index is 13.8. The van der Waals surface area contributed by atoms with Gasteiger partial charge in [-0.3, -0.25) is 0 Å². The predicted molar refractivity (Wildman–Crippen MR) is 130 cm³/mol. The number of phenols is 1. The van der Waals surface area contributed by atoms with Gasteiger partial charge >= 0.3 is 0 Å². The molecule has 0 radical (unpaired) electrons. The molecule has 6 heteroatoms. The highest BCUT2D eigenvalue weighted by molar-refractivity contribution is 9.09. The van der Waals surface area contributed by atoms with Gasteiger partial charge in [0, 0.05) is 16.6 Å². The first-order chi connectivity index (χ1) is 14.9. The van der Waals surface area contributed by atoms with E-state index in [-0.39, 0.29) is 16.7 Å². The number of para-hydroxylation sites is 1. The molecule has 1 aliphatic rings. The average Bonchev–Trinajstić information content (AvgIpc) is 2.77. The smallest absolute Gasteiger partial charge is 0.203 e. The van der Waals surface area contributed by atoms with Crippen LogP contribution < -0.4 is 4.90 Å². The minimum absolute atomic E-state index is 0.0727. The van der Waals surface area contributed by atoms with E-state index in [1.54, 1.807) is 6.92 Å². The number of hydrogen-bond acceptors (Lipinski definition) is 4. The Morgan fingerprint density at radius 3 is 2.45 bits per heavy atom. The number of nitrogens with zero attached hydrogens (tertiary/aromatic N) is 1. The zero-order valence-electron chi connectivity index (χ0n) is 17.2. The molecule has 2 unspecified atom stereocenters. The van der Waals surface area contributed by atoms with Gasteiger partial charge in [0.15, 0.2) is 5.37 Å². The Balaban J connectivity index is 1.93. The summed E-state index contributed by atoms with van der Waals surface area (Å²) in [4.78, 5) is 2.14. The molecule has 0 amide bonds. The highest BCUT2D eigenvalue weighted by Crippen LogP contribution is 2.48. The van der Waals surface area contributed by atoms with E-state index in [0.29, 0.717) is 5.56 Å². The Kier molecular flexibility index (Phi) is 5.95. The number of hydrogen-bond donors (Lipinski definition) is 1. The first kappa shape index (κ1) is 21.7. The molecule has 3 aromatic carbocycles. The fourth-order valence-corrected chi connectivity index (χ4v) is 6.45. The highest BCUT2D eigenvalue weighted by Gasteiger charge is 2.39. The van der Waals surface area contributed by atoms with E-state index in [1.165, 1.54) is 24.3 Å². The van der Waals surface area contributed by atoms with Crippen LogP contribution in [-0.2, 0) is 9.84 Å². The molecule has 0 saturated heterocycles. The SMILES string of the molecule is C=CC(N1c2ccccc2-c2ccccc2C1CCBr)S(=O)(=O)c1ccc(O)c(C)c1. The van der Waals surface area contributed by atoms with Gasteiger partial charge in [-0.1, -0.05) is 71.0 Å². The molecule has 3 aromatic rings. The third kappa shape index (κ3) is 3.68. The van der Waals surface area contributed by atoms with Crippen molar-refractivity contribution >= 4 is 31.5 Å². The highest BCUT2D eigenvalue weighted by atomic mass is 79.9. The molecular weight excluding hydrogens is 474 g/mol. The van der Waals surface area contributed by atoms with Crippen molar-refractivity contribution in [2.45, 2.75) is 29.7 Å². The maximum atomic E-state index is 13.8. The summed E-state index contributed by atoms with van der Waals surface area (Å²) < 4.78 is 27.6. The van der Waals surface area contributed by atoms with Crippen molar-refractivity contribution in [3.8, 4) is 16.9 Å². The third-order valence-electron chi connectivity index (χ3n) is 5.80. The third-order valence-corrected chi connectivity index (χ3v) is 8.23. The average molecular weight is 498 g/mol. The predicted octanol–water partition coefficient (Wildman–Crippen LogP) is 6.00. The monoisotopic (exact) mass is 497 g/mol. The number of aromatic hydroxyl groups is 1. The minimum atomic E-state index is -3.81. The van der Waals surface area contributed by atoms with Crippen molar-refractivity contribution in [3.63, 3.8) is 0 Å². The van der Waals surface area contributed by atoms with Gasteiger partial charge in [-0.05, 0) is 54.3 Å². The first-order valence-corrected chi connectivity index (χ1v) is 12.8. The summed E-state index contributed by atoms with van der Waals surface area (Å²) >= 11 is 3.56. The van der Waals surface area contributed by atoms with Crippen molar-refractivity contribution in [1.82, 2.24) is 0 Å². The summed E-state index contributed by atoms with van der Waals surface area (Å²) in [6.07, 6.45) is 2.24. The van der Waals surface area contributed by atoms with Gasteiger partial charge in [-0.15, -0.1) is 0 Å². The number of halogens is 1. The molecule has 31 heavy (non-hydrogen) atoms. The van der Waals surface area contributed by atoms with Gasteiger partial charge in [0.25, 0.3) is 0 Å². The normalized spacial score (nSPS) is 16.3. The fourth-order valence-electron chi connectivity index (χ4n) is 4.32. The van der Waals surface area contributed by atoms with E-state index in [4.69, 9.17) is 0 Å². The molecule has 1 heterocycles. The van der Waals surface area contributed by atoms with Crippen molar-refractivity contribution in [2.24, 2.45) is 0 Å². The lowest BCUT2D eigenvalue weighted by Crippen LogP contribution is -2.44. The Hall–Kier alpha value is -2.57. The van der Waals surface area contributed by atoms with Crippen LogP contribution in [0, 0.1) is 6.92 Å². The lowest BCUT2D eigenvalue weighted by molar-refractivity contribution is 0.470. The topological polar surface area (TPSA) is 57.6 Å². The summed E-state index contributed by atoms with van der Waals surface area (Å²) in [6.45, 7) is 5.60. The van der Waals surface area contributed by atoms with Gasteiger partial charge < -0.3 is 10.0 Å². The van der Waals surface area contributed by atoms with Crippen LogP contribution in [0.3, 0.4) is 0 Å². The number of aryl methyl sites for hydroxylation is 1. The fraction of sp³-hybridized carbons (Fsp3) is 0.200. The Bertz CT molecular complexity index is 1240. The van der Waals surface area contributed by atoms with E-state index in [2.05, 4.69) is 34.6 Å². The molecule has 1 aliphatic heterocycles. The van der Waals surface area contributed by atoms with E-state index >= 15 is 0 Å². The largest absolute Gasteiger partial charge is 0.508 e. The maximum Gasteiger partial charge on any atom is 0.203 e. The summed E-state index contributed by atoms with van der Waals surface area (Å²) in [7, 11) is -3.81. The Labute approximate surface area is 191 Å². The molecule has 0 saturated carbocycles. The van der Waals surface area contributed by atoms with Gasteiger partial charge in [-0.2, -0.15) is 0 Å². The molecule has 0 bridgehead atoms. The molecule has 4 rings (SSSR count). The molecule has 0 aliphatic carbocycles. The van der Waals surface area contributed by atoms with Crippen LogP contribution in [-0.4, -0.2) is 24.2 Å². The van der Waals surface area contributed by atoms with Gasteiger partial charge in [0.05, 0.1) is 10.9 Å². The Morgan fingerprint density at radius 1 is 1.10 bits per heavy atom. The number of phenolic OH excluding ortho intramolecular Hbond substituents is 1. The second-order valence-electron chi connectivity index (χ2n) is 7.62. The van der Waals surface area contributed by atoms with Crippen molar-refractivity contribution in [3.05, 3.63) is 90.5 Å². The van der Waals surface area contributed by atoms with Crippen LogP contribution in [0.2, 0.25) is 0 Å². The summed E-state index contributed by atoms with van der Waals surface area (Å²) in [6, 6.07) is 20.3. The molecule has 2 atom stereocenters.